The van der Waals surface area contributed by atoms with Crippen LogP contribution in [0.5, 0.6) is 0 Å². The summed E-state index contributed by atoms with van der Waals surface area (Å²) in [5.41, 5.74) is 6.80. The third kappa shape index (κ3) is 2.58. The van der Waals surface area contributed by atoms with Crippen molar-refractivity contribution in [2.24, 2.45) is 11.7 Å². The summed E-state index contributed by atoms with van der Waals surface area (Å²) in [5.74, 6) is 0.639. The van der Waals surface area contributed by atoms with Gasteiger partial charge in [0.25, 0.3) is 0 Å². The molecule has 1 atom stereocenters. The highest BCUT2D eigenvalue weighted by atomic mass is 16.2. The summed E-state index contributed by atoms with van der Waals surface area (Å²) in [6, 6.07) is 3.66. The van der Waals surface area contributed by atoms with Crippen molar-refractivity contribution < 1.29 is 4.79 Å². The number of aromatic nitrogens is 1. The fourth-order valence-corrected chi connectivity index (χ4v) is 1.74. The zero-order valence-electron chi connectivity index (χ0n) is 9.47. The molecule has 0 spiro atoms. The minimum Gasteiger partial charge on any atom is -0.327 e. The Morgan fingerprint density at radius 3 is 2.75 bits per heavy atom. The molecule has 1 amide bonds. The summed E-state index contributed by atoms with van der Waals surface area (Å²) >= 11 is 0. The normalized spacial score (nSPS) is 16.9. The van der Waals surface area contributed by atoms with Crippen molar-refractivity contribution >= 4 is 11.6 Å². The second-order valence-electron chi connectivity index (χ2n) is 4.36. The predicted octanol–water partition coefficient (Wildman–Crippen LogP) is 1.17. The lowest BCUT2D eigenvalue weighted by Gasteiger charge is -2.19. The van der Waals surface area contributed by atoms with Crippen molar-refractivity contribution in [2.45, 2.75) is 25.3 Å². The van der Waals surface area contributed by atoms with E-state index in [4.69, 9.17) is 5.73 Å². The molecule has 1 aliphatic carbocycles. The highest BCUT2D eigenvalue weighted by molar-refractivity contribution is 5.93. The first-order valence-corrected chi connectivity index (χ1v) is 5.60. The van der Waals surface area contributed by atoms with Crippen LogP contribution in [0.1, 0.15) is 19.3 Å². The van der Waals surface area contributed by atoms with E-state index in [1.165, 1.54) is 12.8 Å². The molecule has 1 aromatic heterocycles. The number of hydrogen-bond acceptors (Lipinski definition) is 3. The highest BCUT2D eigenvalue weighted by Gasteiger charge is 2.30. The maximum Gasteiger partial charge on any atom is 0.228 e. The average Bonchev–Trinajstić information content (AvgIpc) is 3.13. The SMILES string of the molecule is CN(C(=O)CC(N)C1CC1)c1ccncc1. The Labute approximate surface area is 95.5 Å². The van der Waals surface area contributed by atoms with Gasteiger partial charge >= 0.3 is 0 Å². The van der Waals surface area contributed by atoms with Crippen LogP contribution >= 0.6 is 0 Å². The number of carbonyl (C=O) groups excluding carboxylic acids is 1. The van der Waals surface area contributed by atoms with Crippen LogP contribution in [0.2, 0.25) is 0 Å². The first-order valence-electron chi connectivity index (χ1n) is 5.60. The minimum atomic E-state index is 0.0248. The van der Waals surface area contributed by atoms with Gasteiger partial charge in [-0.05, 0) is 30.9 Å². The number of pyridine rings is 1. The van der Waals surface area contributed by atoms with E-state index >= 15 is 0 Å². The van der Waals surface area contributed by atoms with Crippen LogP contribution in [0.4, 0.5) is 5.69 Å². The molecule has 1 aliphatic rings. The molecule has 1 heterocycles. The van der Waals surface area contributed by atoms with Gasteiger partial charge in [-0.2, -0.15) is 0 Å². The van der Waals surface area contributed by atoms with Crippen molar-refractivity contribution in [1.29, 1.82) is 0 Å². The number of amides is 1. The van der Waals surface area contributed by atoms with Crippen LogP contribution in [-0.4, -0.2) is 24.0 Å². The van der Waals surface area contributed by atoms with Crippen molar-refractivity contribution in [3.63, 3.8) is 0 Å². The van der Waals surface area contributed by atoms with E-state index in [9.17, 15) is 4.79 Å². The fourth-order valence-electron chi connectivity index (χ4n) is 1.74. The van der Waals surface area contributed by atoms with E-state index in [0.29, 0.717) is 12.3 Å². The second kappa shape index (κ2) is 4.61. The molecule has 1 fully saturated rings. The zero-order valence-corrected chi connectivity index (χ0v) is 9.47. The molecule has 0 saturated heterocycles. The zero-order chi connectivity index (χ0) is 11.5. The number of hydrogen-bond donors (Lipinski definition) is 1. The van der Waals surface area contributed by atoms with Crippen LogP contribution < -0.4 is 10.6 Å². The number of rotatable bonds is 4. The maximum atomic E-state index is 11.9. The summed E-state index contributed by atoms with van der Waals surface area (Å²) in [6.07, 6.45) is 6.14. The molecular formula is C12H17N3O. The summed E-state index contributed by atoms with van der Waals surface area (Å²) in [5, 5.41) is 0. The Hall–Kier alpha value is -1.42. The monoisotopic (exact) mass is 219 g/mol. The molecule has 0 aromatic carbocycles. The number of carbonyl (C=O) groups is 1. The Morgan fingerprint density at radius 1 is 1.56 bits per heavy atom. The Balaban J connectivity index is 1.93. The summed E-state index contributed by atoms with van der Waals surface area (Å²) in [6.45, 7) is 0. The highest BCUT2D eigenvalue weighted by Crippen LogP contribution is 2.33. The van der Waals surface area contributed by atoms with E-state index in [0.717, 1.165) is 5.69 Å². The second-order valence-corrected chi connectivity index (χ2v) is 4.36. The smallest absolute Gasteiger partial charge is 0.228 e. The van der Waals surface area contributed by atoms with E-state index in [2.05, 4.69) is 4.98 Å². The van der Waals surface area contributed by atoms with Crippen LogP contribution in [0.3, 0.4) is 0 Å². The van der Waals surface area contributed by atoms with Gasteiger partial charge in [0.1, 0.15) is 0 Å². The quantitative estimate of drug-likeness (QED) is 0.827. The molecule has 0 radical (unpaired) electrons. The molecule has 1 aromatic rings. The Kier molecular flexibility index (Phi) is 3.19. The van der Waals surface area contributed by atoms with Crippen molar-refractivity contribution in [2.75, 3.05) is 11.9 Å². The fraction of sp³-hybridized carbons (Fsp3) is 0.500. The standard InChI is InChI=1S/C12H17N3O/c1-15(10-4-6-14-7-5-10)12(16)8-11(13)9-2-3-9/h4-7,9,11H,2-3,8,13H2,1H3. The van der Waals surface area contributed by atoms with Crippen LogP contribution in [0, 0.1) is 5.92 Å². The predicted molar refractivity (Wildman–Crippen MR) is 63.0 cm³/mol. The number of nitrogens with zero attached hydrogens (tertiary/aromatic N) is 2. The average molecular weight is 219 g/mol. The summed E-state index contributed by atoms with van der Waals surface area (Å²) < 4.78 is 0. The first-order chi connectivity index (χ1) is 7.68. The van der Waals surface area contributed by atoms with Crippen LogP contribution in [0.25, 0.3) is 0 Å². The number of nitrogens with two attached hydrogens (primary N) is 1. The Morgan fingerprint density at radius 2 is 2.19 bits per heavy atom. The van der Waals surface area contributed by atoms with Crippen LogP contribution in [0.15, 0.2) is 24.5 Å². The molecule has 16 heavy (non-hydrogen) atoms. The van der Waals surface area contributed by atoms with Gasteiger partial charge in [0.15, 0.2) is 0 Å². The topological polar surface area (TPSA) is 59.2 Å². The van der Waals surface area contributed by atoms with Crippen LogP contribution in [-0.2, 0) is 4.79 Å². The molecule has 4 nitrogen and oxygen atoms in total. The van der Waals surface area contributed by atoms with Crippen molar-refractivity contribution in [3.8, 4) is 0 Å². The van der Waals surface area contributed by atoms with Gasteiger partial charge in [-0.25, -0.2) is 0 Å². The molecule has 1 saturated carbocycles. The number of anilines is 1. The summed E-state index contributed by atoms with van der Waals surface area (Å²) in [4.78, 5) is 17.5. The molecule has 2 N–H and O–H groups in total. The van der Waals surface area contributed by atoms with E-state index in [1.807, 2.05) is 12.1 Å². The molecule has 0 bridgehead atoms. The third-order valence-corrected chi connectivity index (χ3v) is 3.06. The van der Waals surface area contributed by atoms with Gasteiger partial charge in [-0.3, -0.25) is 9.78 Å². The lowest BCUT2D eigenvalue weighted by atomic mass is 10.1. The molecule has 86 valence electrons. The third-order valence-electron chi connectivity index (χ3n) is 3.06. The maximum absolute atomic E-state index is 11.9. The van der Waals surface area contributed by atoms with E-state index in [1.54, 1.807) is 24.3 Å². The van der Waals surface area contributed by atoms with Crippen molar-refractivity contribution in [3.05, 3.63) is 24.5 Å². The molecule has 2 rings (SSSR count). The molecular weight excluding hydrogens is 202 g/mol. The van der Waals surface area contributed by atoms with Crippen molar-refractivity contribution in [1.82, 2.24) is 4.98 Å². The van der Waals surface area contributed by atoms with Gasteiger partial charge in [-0.1, -0.05) is 0 Å². The lowest BCUT2D eigenvalue weighted by Crippen LogP contribution is -2.34. The minimum absolute atomic E-state index is 0.0248. The van der Waals surface area contributed by atoms with Gasteiger partial charge < -0.3 is 10.6 Å². The first kappa shape index (κ1) is 11.1. The Bertz CT molecular complexity index is 362. The van der Waals surface area contributed by atoms with E-state index < -0.39 is 0 Å². The molecule has 1 unspecified atom stereocenters. The van der Waals surface area contributed by atoms with Gasteiger partial charge in [-0.15, -0.1) is 0 Å². The molecule has 0 aliphatic heterocycles. The molecule has 4 heteroatoms. The largest absolute Gasteiger partial charge is 0.327 e. The van der Waals surface area contributed by atoms with Gasteiger partial charge in [0.2, 0.25) is 5.91 Å². The van der Waals surface area contributed by atoms with Gasteiger partial charge in [0.05, 0.1) is 0 Å². The summed E-state index contributed by atoms with van der Waals surface area (Å²) in [7, 11) is 1.78. The van der Waals surface area contributed by atoms with E-state index in [-0.39, 0.29) is 11.9 Å². The van der Waals surface area contributed by atoms with Gasteiger partial charge in [0, 0.05) is 37.6 Å². The lowest BCUT2D eigenvalue weighted by molar-refractivity contribution is -0.118.